The minimum Gasteiger partial charge on any atom is -0.491 e. The van der Waals surface area contributed by atoms with Crippen LogP contribution in [0.25, 0.3) is 0 Å². The summed E-state index contributed by atoms with van der Waals surface area (Å²) in [6.07, 6.45) is 0.613. The summed E-state index contributed by atoms with van der Waals surface area (Å²) in [7, 11) is 1.98. The number of aliphatic hydroxyl groups excluding tert-OH is 1. The molecule has 2 saturated heterocycles. The topological polar surface area (TPSA) is 141 Å². The standard InChI is InChI=1S/C58H55N5O7/c1-4-33-59-54(65)49-51-55(66)70-52(44-27-15-8-16-28-44)50(43-25-13-7-14-26-43)63(51)53(45-29-17-18-30-48(45)69-36-35-64)58(49)46-37-40(22-19-34-61(3)38-41-20-9-5-10-21-41)31-32-47(46)62(56(58)67)57(68)60-39(2)42-23-11-6-12-24-42/h4-18,20-21,23-32,37,39,49-53,64H,1,33-36,38H2,2-3H3,(H,59,65)(H,60,68)/t39-,49-,50-,51-,52+,53+,58-/m1/s1. The Balaban J connectivity index is 1.31. The third-order valence-electron chi connectivity index (χ3n) is 13.4. The average molecular weight is 934 g/mol. The van der Waals surface area contributed by atoms with E-state index in [0.29, 0.717) is 41.1 Å². The molecule has 0 unspecified atom stereocenters. The van der Waals surface area contributed by atoms with Gasteiger partial charge in [-0.3, -0.25) is 24.2 Å². The summed E-state index contributed by atoms with van der Waals surface area (Å²) in [6, 6.07) is 46.3. The molecule has 3 heterocycles. The number of para-hydroxylation sites is 1. The predicted molar refractivity (Wildman–Crippen MR) is 267 cm³/mol. The monoisotopic (exact) mass is 933 g/mol. The Labute approximate surface area is 408 Å². The first-order chi connectivity index (χ1) is 34.2. The number of fused-ring (bicyclic) bond motifs is 3. The van der Waals surface area contributed by atoms with Crippen LogP contribution < -0.4 is 20.3 Å². The normalized spacial score (nSPS) is 21.8. The first kappa shape index (κ1) is 47.3. The lowest BCUT2D eigenvalue weighted by molar-refractivity contribution is -0.178. The molecule has 4 amide bonds. The second-order valence-electron chi connectivity index (χ2n) is 17.8. The van der Waals surface area contributed by atoms with E-state index in [1.807, 2.05) is 140 Å². The van der Waals surface area contributed by atoms with E-state index in [0.717, 1.165) is 21.6 Å². The highest BCUT2D eigenvalue weighted by molar-refractivity contribution is 6.24. The highest BCUT2D eigenvalue weighted by Gasteiger charge is 2.76. The Morgan fingerprint density at radius 3 is 2.19 bits per heavy atom. The number of ether oxygens (including phenoxy) is 2. The number of urea groups is 1. The molecule has 7 atom stereocenters. The minimum absolute atomic E-state index is 0.0185. The van der Waals surface area contributed by atoms with Crippen molar-refractivity contribution >= 4 is 29.5 Å². The van der Waals surface area contributed by atoms with Crippen molar-refractivity contribution in [2.45, 2.75) is 49.2 Å². The SMILES string of the molecule is C=CCNC(=O)[C@H]1[C@@H]2C(=O)O[C@@H](c3ccccc3)[C@@H](c3ccccc3)N2[C@@H](c2ccccc2OCCO)[C@]12C(=O)N(C(=O)N[C@H](C)c1ccccc1)c1ccc(C#CCN(C)Cc3ccccc3)cc12. The number of amides is 4. The zero-order valence-electron chi connectivity index (χ0n) is 39.1. The van der Waals surface area contributed by atoms with Crippen LogP contribution in [0, 0.1) is 17.8 Å². The number of rotatable bonds is 14. The van der Waals surface area contributed by atoms with Crippen LogP contribution in [0.3, 0.4) is 0 Å². The van der Waals surface area contributed by atoms with E-state index in [9.17, 15) is 5.11 Å². The van der Waals surface area contributed by atoms with Crippen LogP contribution in [0.2, 0.25) is 0 Å². The first-order valence-electron chi connectivity index (χ1n) is 23.5. The van der Waals surface area contributed by atoms with Crippen molar-refractivity contribution in [3.05, 3.63) is 215 Å². The van der Waals surface area contributed by atoms with Crippen LogP contribution in [0.4, 0.5) is 10.5 Å². The summed E-state index contributed by atoms with van der Waals surface area (Å²) in [4.78, 5) is 67.8. The minimum atomic E-state index is -2.03. The van der Waals surface area contributed by atoms with Crippen LogP contribution in [0.15, 0.2) is 176 Å². The molecule has 0 bridgehead atoms. The van der Waals surface area contributed by atoms with Gasteiger partial charge in [-0.15, -0.1) is 6.58 Å². The maximum Gasteiger partial charge on any atom is 0.329 e. The van der Waals surface area contributed by atoms with Crippen LogP contribution >= 0.6 is 0 Å². The molecular weight excluding hydrogens is 879 g/mol. The quantitative estimate of drug-likeness (QED) is 0.0564. The van der Waals surface area contributed by atoms with Crippen LogP contribution in [-0.4, -0.2) is 78.1 Å². The molecule has 12 nitrogen and oxygen atoms in total. The summed E-state index contributed by atoms with van der Waals surface area (Å²) in [6.45, 7) is 6.39. The summed E-state index contributed by atoms with van der Waals surface area (Å²) in [5.74, 6) is 3.38. The van der Waals surface area contributed by atoms with Gasteiger partial charge in [-0.2, -0.15) is 0 Å². The van der Waals surface area contributed by atoms with Gasteiger partial charge in [0.2, 0.25) is 11.8 Å². The molecule has 3 aliphatic rings. The number of aliphatic hydroxyl groups is 1. The van der Waals surface area contributed by atoms with Crippen molar-refractivity contribution in [1.29, 1.82) is 0 Å². The van der Waals surface area contributed by atoms with Crippen molar-refractivity contribution in [3.63, 3.8) is 0 Å². The van der Waals surface area contributed by atoms with Gasteiger partial charge in [0.25, 0.3) is 0 Å². The highest BCUT2D eigenvalue weighted by atomic mass is 16.6. The number of nitrogens with one attached hydrogen (secondary N) is 2. The molecule has 12 heteroatoms. The molecule has 6 aromatic rings. The van der Waals surface area contributed by atoms with Gasteiger partial charge < -0.3 is 25.2 Å². The molecule has 2 fully saturated rings. The first-order valence-corrected chi connectivity index (χ1v) is 23.5. The number of benzene rings is 6. The van der Waals surface area contributed by atoms with E-state index in [4.69, 9.17) is 9.47 Å². The summed E-state index contributed by atoms with van der Waals surface area (Å²) in [5, 5.41) is 16.1. The van der Waals surface area contributed by atoms with Gasteiger partial charge in [-0.1, -0.05) is 157 Å². The molecule has 0 aliphatic carbocycles. The van der Waals surface area contributed by atoms with Gasteiger partial charge in [0.15, 0.2) is 0 Å². The van der Waals surface area contributed by atoms with Crippen molar-refractivity contribution < 1.29 is 33.8 Å². The van der Waals surface area contributed by atoms with E-state index in [1.54, 1.807) is 30.3 Å². The third kappa shape index (κ3) is 8.87. The fourth-order valence-corrected chi connectivity index (χ4v) is 10.5. The highest BCUT2D eigenvalue weighted by Crippen LogP contribution is 2.66. The fourth-order valence-electron chi connectivity index (χ4n) is 10.5. The van der Waals surface area contributed by atoms with Crippen LogP contribution in [-0.2, 0) is 31.1 Å². The third-order valence-corrected chi connectivity index (χ3v) is 13.4. The number of morpholine rings is 1. The zero-order valence-corrected chi connectivity index (χ0v) is 39.1. The number of hydrogen-bond acceptors (Lipinski definition) is 9. The fraction of sp³-hybridized carbons (Fsp3) is 0.241. The molecule has 1 spiro atoms. The van der Waals surface area contributed by atoms with Gasteiger partial charge in [0.1, 0.15) is 29.9 Å². The van der Waals surface area contributed by atoms with E-state index < -0.39 is 65.4 Å². The van der Waals surface area contributed by atoms with Gasteiger partial charge >= 0.3 is 12.0 Å². The zero-order chi connectivity index (χ0) is 48.8. The van der Waals surface area contributed by atoms with E-state index in [1.165, 1.54) is 6.08 Å². The number of carbonyl (C=O) groups is 4. The molecule has 3 aliphatic heterocycles. The lowest BCUT2D eigenvalue weighted by atomic mass is 9.65. The number of anilines is 1. The largest absolute Gasteiger partial charge is 0.491 e. The van der Waals surface area contributed by atoms with Crippen molar-refractivity contribution in [2.75, 3.05) is 38.3 Å². The van der Waals surface area contributed by atoms with Crippen LogP contribution in [0.5, 0.6) is 5.75 Å². The second kappa shape index (κ2) is 20.8. The maximum absolute atomic E-state index is 16.6. The molecule has 3 N–H and O–H groups in total. The average Bonchev–Trinajstić information content (AvgIpc) is 3.84. The Kier molecular flexibility index (Phi) is 14.0. The van der Waals surface area contributed by atoms with Crippen LogP contribution in [0.1, 0.15) is 70.1 Å². The molecule has 9 rings (SSSR count). The van der Waals surface area contributed by atoms with E-state index in [-0.39, 0.29) is 25.4 Å². The summed E-state index contributed by atoms with van der Waals surface area (Å²) in [5.41, 5.74) is 2.93. The van der Waals surface area contributed by atoms with E-state index >= 15 is 19.2 Å². The molecule has 0 aromatic heterocycles. The number of cyclic esters (lactones) is 1. The second-order valence-corrected chi connectivity index (χ2v) is 17.8. The summed E-state index contributed by atoms with van der Waals surface area (Å²) >= 11 is 0. The Bertz CT molecular complexity index is 2930. The molecule has 354 valence electrons. The van der Waals surface area contributed by atoms with Crippen molar-refractivity contribution in [2.24, 2.45) is 5.92 Å². The maximum atomic E-state index is 16.6. The van der Waals surface area contributed by atoms with Gasteiger partial charge in [0, 0.05) is 24.2 Å². The predicted octanol–water partition coefficient (Wildman–Crippen LogP) is 7.98. The summed E-state index contributed by atoms with van der Waals surface area (Å²) < 4.78 is 12.9. The Morgan fingerprint density at radius 2 is 1.50 bits per heavy atom. The molecule has 0 saturated carbocycles. The Morgan fingerprint density at radius 1 is 0.857 bits per heavy atom. The van der Waals surface area contributed by atoms with Crippen molar-refractivity contribution in [1.82, 2.24) is 20.4 Å². The molecular formula is C58H55N5O7. The molecule has 0 radical (unpaired) electrons. The lowest BCUT2D eigenvalue weighted by Gasteiger charge is -2.46. The van der Waals surface area contributed by atoms with Gasteiger partial charge in [-0.25, -0.2) is 9.69 Å². The number of imide groups is 1. The van der Waals surface area contributed by atoms with Gasteiger partial charge in [0.05, 0.1) is 42.9 Å². The van der Waals surface area contributed by atoms with Crippen molar-refractivity contribution in [3.8, 4) is 17.6 Å². The Hall–Kier alpha value is -7.82. The van der Waals surface area contributed by atoms with E-state index in [2.05, 4.69) is 46.1 Å². The number of hydrogen-bond donors (Lipinski definition) is 3. The number of nitrogens with zero attached hydrogens (tertiary/aromatic N) is 3. The molecule has 70 heavy (non-hydrogen) atoms. The number of esters is 1. The molecule has 6 aromatic carbocycles. The lowest BCUT2D eigenvalue weighted by Crippen LogP contribution is -2.56. The number of carbonyl (C=O) groups excluding carboxylic acids is 4. The smallest absolute Gasteiger partial charge is 0.329 e. The van der Waals surface area contributed by atoms with Gasteiger partial charge in [-0.05, 0) is 66.1 Å².